The highest BCUT2D eigenvalue weighted by Crippen LogP contribution is 2.08. The van der Waals surface area contributed by atoms with Crippen molar-refractivity contribution >= 4 is 20.0 Å². The van der Waals surface area contributed by atoms with E-state index in [9.17, 15) is 16.8 Å². The fourth-order valence-electron chi connectivity index (χ4n) is 1.50. The van der Waals surface area contributed by atoms with E-state index in [1.165, 1.54) is 14.2 Å². The molecule has 4 atom stereocenters. The normalized spacial score (nSPS) is 16.9. The SMILES string of the molecule is C=C[C@@H](C[C@@H](C)S(N)(=O)=O)OC.C=C[C@@H](C[C@H](C)S(N)(=O)=O)OC. The molecule has 0 aromatic heterocycles. The van der Waals surface area contributed by atoms with Crippen LogP contribution in [0.1, 0.15) is 26.7 Å². The van der Waals surface area contributed by atoms with Crippen LogP contribution in [-0.4, -0.2) is 53.8 Å². The Morgan fingerprint density at radius 1 is 0.833 bits per heavy atom. The van der Waals surface area contributed by atoms with Gasteiger partial charge in [-0.25, -0.2) is 27.1 Å². The number of hydrogen-bond acceptors (Lipinski definition) is 6. The molecule has 0 rings (SSSR count). The van der Waals surface area contributed by atoms with Gasteiger partial charge in [-0.1, -0.05) is 12.2 Å². The highest BCUT2D eigenvalue weighted by Gasteiger charge is 2.19. The fraction of sp³-hybridized carbons (Fsp3) is 0.714. The van der Waals surface area contributed by atoms with Crippen molar-refractivity contribution in [1.82, 2.24) is 0 Å². The second kappa shape index (κ2) is 11.7. The van der Waals surface area contributed by atoms with Gasteiger partial charge in [0.2, 0.25) is 20.0 Å². The largest absolute Gasteiger partial charge is 0.377 e. The molecule has 0 amide bonds. The van der Waals surface area contributed by atoms with Gasteiger partial charge in [0.15, 0.2) is 0 Å². The Balaban J connectivity index is 0. The number of hydrogen-bond donors (Lipinski definition) is 2. The molecule has 0 saturated carbocycles. The van der Waals surface area contributed by atoms with Crippen molar-refractivity contribution in [3.05, 3.63) is 25.3 Å². The lowest BCUT2D eigenvalue weighted by Crippen LogP contribution is -2.29. The van der Waals surface area contributed by atoms with E-state index in [2.05, 4.69) is 13.2 Å². The van der Waals surface area contributed by atoms with Crippen LogP contribution in [0, 0.1) is 0 Å². The van der Waals surface area contributed by atoms with Crippen molar-refractivity contribution < 1.29 is 26.3 Å². The third-order valence-electron chi connectivity index (χ3n) is 3.38. The lowest BCUT2D eigenvalue weighted by molar-refractivity contribution is 0.133. The van der Waals surface area contributed by atoms with E-state index in [4.69, 9.17) is 19.8 Å². The summed E-state index contributed by atoms with van der Waals surface area (Å²) in [6.07, 6.45) is 3.30. The predicted octanol–water partition coefficient (Wildman–Crippen LogP) is 0.509. The molecule has 4 N–H and O–H groups in total. The minimum atomic E-state index is -3.45. The summed E-state index contributed by atoms with van der Waals surface area (Å²) in [6, 6.07) is 0. The monoisotopic (exact) mass is 386 g/mol. The lowest BCUT2D eigenvalue weighted by Gasteiger charge is -2.14. The lowest BCUT2D eigenvalue weighted by atomic mass is 10.2. The molecule has 0 radical (unpaired) electrons. The van der Waals surface area contributed by atoms with Crippen LogP contribution in [0.2, 0.25) is 0 Å². The van der Waals surface area contributed by atoms with E-state index in [0.29, 0.717) is 12.8 Å². The standard InChI is InChI=1S/2C7H15NO3S/c2*1-4-7(11-3)5-6(2)12(8,9)10/h2*4,6-7H,1,5H2,2-3H3,(H2,8,9,10)/t6-,7+;6-,7-/m10/s1. The van der Waals surface area contributed by atoms with Crippen LogP contribution in [-0.2, 0) is 29.5 Å². The van der Waals surface area contributed by atoms with Gasteiger partial charge in [-0.15, -0.1) is 13.2 Å². The third kappa shape index (κ3) is 11.7. The molecule has 0 spiro atoms. The van der Waals surface area contributed by atoms with Gasteiger partial charge in [0.05, 0.1) is 22.7 Å². The van der Waals surface area contributed by atoms with Crippen molar-refractivity contribution in [2.45, 2.75) is 49.4 Å². The van der Waals surface area contributed by atoms with Gasteiger partial charge in [0.25, 0.3) is 0 Å². The Morgan fingerprint density at radius 2 is 1.08 bits per heavy atom. The number of primary sulfonamides is 2. The molecule has 0 aromatic rings. The first-order chi connectivity index (χ1) is 10.8. The number of sulfonamides is 2. The topological polar surface area (TPSA) is 139 Å². The number of methoxy groups -OCH3 is 2. The quantitative estimate of drug-likeness (QED) is 0.524. The fourth-order valence-corrected chi connectivity index (χ4v) is 2.42. The Kier molecular flexibility index (Phi) is 12.4. The average molecular weight is 387 g/mol. The zero-order valence-electron chi connectivity index (χ0n) is 14.7. The molecule has 0 aromatic carbocycles. The summed E-state index contributed by atoms with van der Waals surface area (Å²) in [5.41, 5.74) is 0. The maximum atomic E-state index is 10.8. The highest BCUT2D eigenvalue weighted by molar-refractivity contribution is 7.90. The molecular formula is C14H30N2O6S2. The number of rotatable bonds is 10. The molecule has 8 nitrogen and oxygen atoms in total. The first kappa shape index (κ1) is 25.5. The molecule has 0 unspecified atom stereocenters. The minimum Gasteiger partial charge on any atom is -0.377 e. The van der Waals surface area contributed by atoms with E-state index >= 15 is 0 Å². The van der Waals surface area contributed by atoms with Gasteiger partial charge in [-0.2, -0.15) is 0 Å². The average Bonchev–Trinajstić information content (AvgIpc) is 2.48. The highest BCUT2D eigenvalue weighted by atomic mass is 32.2. The van der Waals surface area contributed by atoms with Gasteiger partial charge in [0, 0.05) is 14.2 Å². The summed E-state index contributed by atoms with van der Waals surface area (Å²) >= 11 is 0. The Bertz CT molecular complexity index is 522. The molecular weight excluding hydrogens is 356 g/mol. The molecule has 10 heteroatoms. The summed E-state index contributed by atoms with van der Waals surface area (Å²) in [7, 11) is -3.89. The van der Waals surface area contributed by atoms with Crippen LogP contribution in [0.3, 0.4) is 0 Å². The maximum Gasteiger partial charge on any atom is 0.211 e. The summed E-state index contributed by atoms with van der Waals surface area (Å²) in [4.78, 5) is 0. The van der Waals surface area contributed by atoms with Crippen molar-refractivity contribution in [2.75, 3.05) is 14.2 Å². The van der Waals surface area contributed by atoms with Crippen LogP contribution in [0.5, 0.6) is 0 Å². The molecule has 0 aliphatic rings. The maximum absolute atomic E-state index is 10.8. The summed E-state index contributed by atoms with van der Waals surface area (Å²) < 4.78 is 53.0. The minimum absolute atomic E-state index is 0.252. The molecule has 144 valence electrons. The van der Waals surface area contributed by atoms with E-state index in [1.54, 1.807) is 26.0 Å². The van der Waals surface area contributed by atoms with E-state index in [-0.39, 0.29) is 12.2 Å². The van der Waals surface area contributed by atoms with Crippen LogP contribution in [0.15, 0.2) is 25.3 Å². The Morgan fingerprint density at radius 3 is 1.21 bits per heavy atom. The predicted molar refractivity (Wildman–Crippen MR) is 96.4 cm³/mol. The van der Waals surface area contributed by atoms with Gasteiger partial charge in [-0.3, -0.25) is 0 Å². The summed E-state index contributed by atoms with van der Waals surface area (Å²) in [6.45, 7) is 10.1. The van der Waals surface area contributed by atoms with Crippen molar-refractivity contribution in [3.8, 4) is 0 Å². The molecule has 24 heavy (non-hydrogen) atoms. The second-order valence-corrected chi connectivity index (χ2v) is 9.26. The van der Waals surface area contributed by atoms with Crippen LogP contribution in [0.4, 0.5) is 0 Å². The van der Waals surface area contributed by atoms with Crippen molar-refractivity contribution in [2.24, 2.45) is 10.3 Å². The molecule has 0 aliphatic heterocycles. The molecule has 0 saturated heterocycles. The summed E-state index contributed by atoms with van der Waals surface area (Å²) in [5.74, 6) is 0. The van der Waals surface area contributed by atoms with Crippen molar-refractivity contribution in [1.29, 1.82) is 0 Å². The third-order valence-corrected chi connectivity index (χ3v) is 6.01. The van der Waals surface area contributed by atoms with Gasteiger partial charge >= 0.3 is 0 Å². The first-order valence-corrected chi connectivity index (χ1v) is 10.4. The first-order valence-electron chi connectivity index (χ1n) is 7.17. The number of ether oxygens (including phenoxy) is 2. The van der Waals surface area contributed by atoms with Crippen LogP contribution < -0.4 is 10.3 Å². The van der Waals surface area contributed by atoms with Crippen molar-refractivity contribution in [3.63, 3.8) is 0 Å². The number of nitrogens with two attached hydrogens (primary N) is 2. The molecule has 0 bridgehead atoms. The van der Waals surface area contributed by atoms with E-state index in [0.717, 1.165) is 0 Å². The molecule has 0 aliphatic carbocycles. The van der Waals surface area contributed by atoms with Gasteiger partial charge < -0.3 is 9.47 Å². The zero-order chi connectivity index (χ0) is 19.6. The molecule has 0 fully saturated rings. The van der Waals surface area contributed by atoms with Crippen LogP contribution in [0.25, 0.3) is 0 Å². The van der Waals surface area contributed by atoms with Gasteiger partial charge in [0.1, 0.15) is 0 Å². The zero-order valence-corrected chi connectivity index (χ0v) is 16.3. The smallest absolute Gasteiger partial charge is 0.211 e. The van der Waals surface area contributed by atoms with E-state index in [1.807, 2.05) is 0 Å². The molecule has 0 heterocycles. The van der Waals surface area contributed by atoms with Gasteiger partial charge in [-0.05, 0) is 26.7 Å². The summed E-state index contributed by atoms with van der Waals surface area (Å²) in [5, 5.41) is 8.64. The van der Waals surface area contributed by atoms with Crippen LogP contribution >= 0.6 is 0 Å². The Labute approximate surface area is 146 Å². The second-order valence-electron chi connectivity index (χ2n) is 5.29. The Hall–Kier alpha value is -0.780. The van der Waals surface area contributed by atoms with E-state index < -0.39 is 30.5 Å².